The SMILES string of the molecule is CN(CCCCN1C(=O)CC2(CCCC2)CC1=O)CC1COc2cccnc2O1. The molecule has 3 aliphatic rings. The van der Waals surface area contributed by atoms with Crippen LogP contribution in [0.15, 0.2) is 18.3 Å². The second-order valence-corrected chi connectivity index (χ2v) is 8.83. The fraction of sp³-hybridized carbons (Fsp3) is 0.682. The fourth-order valence-corrected chi connectivity index (χ4v) is 4.89. The van der Waals surface area contributed by atoms with Gasteiger partial charge in [0.2, 0.25) is 11.8 Å². The molecular formula is C22H31N3O4. The van der Waals surface area contributed by atoms with Crippen LogP contribution in [0.1, 0.15) is 51.4 Å². The van der Waals surface area contributed by atoms with Gasteiger partial charge in [-0.2, -0.15) is 0 Å². The van der Waals surface area contributed by atoms with Crippen LogP contribution in [-0.2, 0) is 9.59 Å². The van der Waals surface area contributed by atoms with Crippen LogP contribution >= 0.6 is 0 Å². The van der Waals surface area contributed by atoms with Gasteiger partial charge in [-0.3, -0.25) is 14.5 Å². The van der Waals surface area contributed by atoms with E-state index in [4.69, 9.17) is 9.47 Å². The molecule has 2 amide bonds. The number of likely N-dealkylation sites (N-methyl/N-ethyl adjacent to an activating group) is 1. The molecule has 2 aliphatic heterocycles. The standard InChI is InChI=1S/C22H31N3O4/c1-24(15-17-16-28-18-7-6-10-23-21(18)29-17)11-4-5-12-25-19(26)13-22(14-20(25)27)8-2-3-9-22/h6-7,10,17H,2-5,8-9,11-16H2,1H3. The number of pyridine rings is 1. The molecule has 1 saturated carbocycles. The van der Waals surface area contributed by atoms with Crippen molar-refractivity contribution in [2.45, 2.75) is 57.5 Å². The summed E-state index contributed by atoms with van der Waals surface area (Å²) in [7, 11) is 2.05. The highest BCUT2D eigenvalue weighted by Crippen LogP contribution is 2.46. The highest BCUT2D eigenvalue weighted by molar-refractivity contribution is 5.98. The van der Waals surface area contributed by atoms with Crippen LogP contribution in [0.3, 0.4) is 0 Å². The van der Waals surface area contributed by atoms with E-state index in [1.54, 1.807) is 6.20 Å². The van der Waals surface area contributed by atoms with E-state index in [0.717, 1.165) is 51.6 Å². The van der Waals surface area contributed by atoms with Crippen LogP contribution in [0.5, 0.6) is 11.6 Å². The lowest BCUT2D eigenvalue weighted by Crippen LogP contribution is -2.47. The van der Waals surface area contributed by atoms with Gasteiger partial charge in [0.05, 0.1) is 0 Å². The van der Waals surface area contributed by atoms with Gasteiger partial charge in [0.1, 0.15) is 12.7 Å². The first-order chi connectivity index (χ1) is 14.0. The zero-order valence-corrected chi connectivity index (χ0v) is 17.3. The van der Waals surface area contributed by atoms with Gasteiger partial charge < -0.3 is 14.4 Å². The number of likely N-dealkylation sites (tertiary alicyclic amines) is 1. The Kier molecular flexibility index (Phi) is 6.04. The number of hydrogen-bond acceptors (Lipinski definition) is 6. The van der Waals surface area contributed by atoms with Gasteiger partial charge in [-0.15, -0.1) is 0 Å². The van der Waals surface area contributed by atoms with E-state index in [9.17, 15) is 9.59 Å². The zero-order valence-electron chi connectivity index (χ0n) is 17.3. The van der Waals surface area contributed by atoms with Crippen LogP contribution in [0.25, 0.3) is 0 Å². The monoisotopic (exact) mass is 401 g/mol. The molecule has 1 aromatic rings. The first-order valence-electron chi connectivity index (χ1n) is 10.8. The number of amides is 2. The van der Waals surface area contributed by atoms with Gasteiger partial charge in [0.25, 0.3) is 5.88 Å². The molecule has 3 heterocycles. The summed E-state index contributed by atoms with van der Waals surface area (Å²) < 4.78 is 11.6. The minimum Gasteiger partial charge on any atom is -0.484 e. The number of piperidine rings is 1. The topological polar surface area (TPSA) is 72.0 Å². The van der Waals surface area contributed by atoms with Crippen LogP contribution in [-0.4, -0.2) is 66.0 Å². The number of carbonyl (C=O) groups excluding carboxylic acids is 2. The third-order valence-electron chi connectivity index (χ3n) is 6.44. The molecular weight excluding hydrogens is 370 g/mol. The summed E-state index contributed by atoms with van der Waals surface area (Å²) in [6, 6.07) is 3.69. The van der Waals surface area contributed by atoms with E-state index in [1.807, 2.05) is 12.1 Å². The number of carbonyl (C=O) groups is 2. The maximum absolute atomic E-state index is 12.5. The molecule has 0 aromatic carbocycles. The highest BCUT2D eigenvalue weighted by atomic mass is 16.6. The van der Waals surface area contributed by atoms with Crippen LogP contribution in [0, 0.1) is 5.41 Å². The van der Waals surface area contributed by atoms with Crippen molar-refractivity contribution in [3.8, 4) is 11.6 Å². The number of nitrogens with zero attached hydrogens (tertiary/aromatic N) is 3. The minimum absolute atomic E-state index is 0.0135. The molecule has 1 atom stereocenters. The highest BCUT2D eigenvalue weighted by Gasteiger charge is 2.44. The van der Waals surface area contributed by atoms with E-state index in [2.05, 4.69) is 16.9 Å². The van der Waals surface area contributed by atoms with Crippen molar-refractivity contribution in [1.82, 2.24) is 14.8 Å². The molecule has 4 rings (SSSR count). The number of fused-ring (bicyclic) bond motifs is 1. The largest absolute Gasteiger partial charge is 0.484 e. The van der Waals surface area contributed by atoms with E-state index in [-0.39, 0.29) is 23.3 Å². The van der Waals surface area contributed by atoms with Crippen molar-refractivity contribution in [2.75, 3.05) is 33.3 Å². The Hall–Kier alpha value is -2.15. The molecule has 29 heavy (non-hydrogen) atoms. The van der Waals surface area contributed by atoms with Gasteiger partial charge in [-0.05, 0) is 56.8 Å². The van der Waals surface area contributed by atoms with Crippen molar-refractivity contribution in [3.05, 3.63) is 18.3 Å². The Morgan fingerprint density at radius 1 is 1.21 bits per heavy atom. The third kappa shape index (κ3) is 4.71. The number of unbranched alkanes of at least 4 members (excludes halogenated alkanes) is 1. The lowest BCUT2D eigenvalue weighted by Gasteiger charge is -2.37. The first kappa shape index (κ1) is 20.1. The Morgan fingerprint density at radius 3 is 2.72 bits per heavy atom. The van der Waals surface area contributed by atoms with Gasteiger partial charge >= 0.3 is 0 Å². The smallest absolute Gasteiger partial charge is 0.257 e. The van der Waals surface area contributed by atoms with Gasteiger partial charge in [0.15, 0.2) is 5.75 Å². The second kappa shape index (κ2) is 8.69. The fourth-order valence-electron chi connectivity index (χ4n) is 4.89. The number of aromatic nitrogens is 1. The van der Waals surface area contributed by atoms with E-state index < -0.39 is 0 Å². The van der Waals surface area contributed by atoms with Gasteiger partial charge in [-0.25, -0.2) is 4.98 Å². The van der Waals surface area contributed by atoms with Crippen LogP contribution in [0.4, 0.5) is 0 Å². The lowest BCUT2D eigenvalue weighted by atomic mass is 9.76. The van der Waals surface area contributed by atoms with Gasteiger partial charge in [-0.1, -0.05) is 12.8 Å². The molecule has 1 unspecified atom stereocenters. The third-order valence-corrected chi connectivity index (χ3v) is 6.44. The summed E-state index contributed by atoms with van der Waals surface area (Å²) in [6.07, 6.45) is 8.94. The molecule has 1 aliphatic carbocycles. The Balaban J connectivity index is 1.16. The number of hydrogen-bond donors (Lipinski definition) is 0. The summed E-state index contributed by atoms with van der Waals surface area (Å²) >= 11 is 0. The van der Waals surface area contributed by atoms with Crippen molar-refractivity contribution < 1.29 is 19.1 Å². The molecule has 1 aromatic heterocycles. The molecule has 7 heteroatoms. The molecule has 0 N–H and O–H groups in total. The van der Waals surface area contributed by atoms with Crippen molar-refractivity contribution >= 4 is 11.8 Å². The summed E-state index contributed by atoms with van der Waals surface area (Å²) in [6.45, 7) is 2.69. The molecule has 0 bridgehead atoms. The Morgan fingerprint density at radius 2 is 1.97 bits per heavy atom. The van der Waals surface area contributed by atoms with Crippen LogP contribution in [0.2, 0.25) is 0 Å². The van der Waals surface area contributed by atoms with E-state index in [0.29, 0.717) is 37.6 Å². The zero-order chi connectivity index (χ0) is 20.3. The number of rotatable bonds is 7. The van der Waals surface area contributed by atoms with Gasteiger partial charge in [0, 0.05) is 32.1 Å². The summed E-state index contributed by atoms with van der Waals surface area (Å²) in [5.41, 5.74) is -0.0135. The molecule has 0 radical (unpaired) electrons. The molecule has 2 fully saturated rings. The van der Waals surface area contributed by atoms with Crippen molar-refractivity contribution in [2.24, 2.45) is 5.41 Å². The van der Waals surface area contributed by atoms with Crippen LogP contribution < -0.4 is 9.47 Å². The summed E-state index contributed by atoms with van der Waals surface area (Å²) in [4.78, 5) is 32.9. The predicted molar refractivity (Wildman–Crippen MR) is 108 cm³/mol. The Labute approximate surface area is 172 Å². The average molecular weight is 402 g/mol. The Bertz CT molecular complexity index is 727. The summed E-state index contributed by atoms with van der Waals surface area (Å²) in [5.74, 6) is 1.33. The molecule has 1 saturated heterocycles. The lowest BCUT2D eigenvalue weighted by molar-refractivity contribution is -0.153. The van der Waals surface area contributed by atoms with Crippen molar-refractivity contribution in [1.29, 1.82) is 0 Å². The maximum atomic E-state index is 12.5. The molecule has 1 spiro atoms. The predicted octanol–water partition coefficient (Wildman–Crippen LogP) is 2.64. The normalized spacial score (nSPS) is 23.2. The average Bonchev–Trinajstić information content (AvgIpc) is 3.14. The molecule has 7 nitrogen and oxygen atoms in total. The summed E-state index contributed by atoms with van der Waals surface area (Å²) in [5, 5.41) is 0. The number of ether oxygens (including phenoxy) is 2. The number of imide groups is 1. The van der Waals surface area contributed by atoms with Crippen molar-refractivity contribution in [3.63, 3.8) is 0 Å². The quantitative estimate of drug-likeness (QED) is 0.517. The molecule has 158 valence electrons. The van der Waals surface area contributed by atoms with E-state index >= 15 is 0 Å². The first-order valence-corrected chi connectivity index (χ1v) is 10.8. The maximum Gasteiger partial charge on any atom is 0.257 e. The minimum atomic E-state index is -0.0461. The second-order valence-electron chi connectivity index (χ2n) is 8.83. The van der Waals surface area contributed by atoms with E-state index in [1.165, 1.54) is 4.90 Å².